The number of amides is 2. The Labute approximate surface area is 115 Å². The van der Waals surface area contributed by atoms with E-state index in [9.17, 15) is 4.79 Å². The lowest BCUT2D eigenvalue weighted by Crippen LogP contribution is -2.39. The predicted octanol–water partition coefficient (Wildman–Crippen LogP) is 2.64. The topological polar surface area (TPSA) is 64.3 Å². The molecule has 2 amide bonds. The van der Waals surface area contributed by atoms with Crippen LogP contribution >= 0.6 is 0 Å². The molecule has 1 atom stereocenters. The Morgan fingerprint density at radius 3 is 2.68 bits per heavy atom. The van der Waals surface area contributed by atoms with Crippen molar-refractivity contribution >= 4 is 6.03 Å². The molecule has 1 rings (SSSR count). The predicted molar refractivity (Wildman–Crippen MR) is 77.5 cm³/mol. The number of methoxy groups -OCH3 is 1. The zero-order valence-electron chi connectivity index (χ0n) is 12.0. The summed E-state index contributed by atoms with van der Waals surface area (Å²) in [7, 11) is 1.69. The molecule has 0 heterocycles. The molecule has 1 aromatic carbocycles. The number of hydrogen-bond acceptors (Lipinski definition) is 2. The number of carbonyl (C=O) groups is 1. The van der Waals surface area contributed by atoms with Crippen LogP contribution in [0.3, 0.4) is 0 Å². The molecule has 0 saturated carbocycles. The molecule has 3 N–H and O–H groups in total. The SMILES string of the molecule is CCCc1cc(CC(CC)NC(N)=O)ccc1OC. The third-order valence-corrected chi connectivity index (χ3v) is 3.19. The maximum Gasteiger partial charge on any atom is 0.312 e. The van der Waals surface area contributed by atoms with Crippen molar-refractivity contribution in [2.24, 2.45) is 5.73 Å². The first-order chi connectivity index (χ1) is 9.10. The molecule has 0 spiro atoms. The van der Waals surface area contributed by atoms with E-state index in [1.165, 1.54) is 11.1 Å². The summed E-state index contributed by atoms with van der Waals surface area (Å²) in [6.45, 7) is 4.19. The molecule has 1 aromatic rings. The largest absolute Gasteiger partial charge is 0.496 e. The van der Waals surface area contributed by atoms with Gasteiger partial charge in [-0.1, -0.05) is 32.4 Å². The molecule has 1 unspecified atom stereocenters. The van der Waals surface area contributed by atoms with Crippen LogP contribution < -0.4 is 15.8 Å². The third kappa shape index (κ3) is 4.81. The Morgan fingerprint density at radius 1 is 1.42 bits per heavy atom. The van der Waals surface area contributed by atoms with Gasteiger partial charge in [-0.2, -0.15) is 0 Å². The highest BCUT2D eigenvalue weighted by Crippen LogP contribution is 2.22. The second-order valence-electron chi connectivity index (χ2n) is 4.71. The van der Waals surface area contributed by atoms with Crippen LogP contribution in [0.5, 0.6) is 5.75 Å². The van der Waals surface area contributed by atoms with Crippen LogP contribution in [0.1, 0.15) is 37.8 Å². The molecule has 106 valence electrons. The maximum atomic E-state index is 10.9. The highest BCUT2D eigenvalue weighted by Gasteiger charge is 2.11. The average Bonchev–Trinajstić information content (AvgIpc) is 2.38. The number of ether oxygens (including phenoxy) is 1. The summed E-state index contributed by atoms with van der Waals surface area (Å²) in [5, 5.41) is 2.77. The summed E-state index contributed by atoms with van der Waals surface area (Å²) in [6, 6.07) is 5.82. The molecule has 0 fully saturated rings. The second-order valence-corrected chi connectivity index (χ2v) is 4.71. The van der Waals surface area contributed by atoms with Crippen LogP contribution in [0.4, 0.5) is 4.79 Å². The smallest absolute Gasteiger partial charge is 0.312 e. The number of nitrogens with one attached hydrogen (secondary N) is 1. The molecule has 0 radical (unpaired) electrons. The quantitative estimate of drug-likeness (QED) is 0.795. The minimum absolute atomic E-state index is 0.0837. The Morgan fingerprint density at radius 2 is 2.16 bits per heavy atom. The Hall–Kier alpha value is -1.71. The van der Waals surface area contributed by atoms with Crippen molar-refractivity contribution < 1.29 is 9.53 Å². The lowest BCUT2D eigenvalue weighted by Gasteiger charge is -2.17. The number of rotatable bonds is 7. The molecule has 0 bridgehead atoms. The minimum atomic E-state index is -0.464. The van der Waals surface area contributed by atoms with Gasteiger partial charge < -0.3 is 15.8 Å². The van der Waals surface area contributed by atoms with E-state index in [4.69, 9.17) is 10.5 Å². The lowest BCUT2D eigenvalue weighted by molar-refractivity contribution is 0.244. The normalized spacial score (nSPS) is 11.9. The Kier molecular flexibility index (Phi) is 6.19. The van der Waals surface area contributed by atoms with Crippen molar-refractivity contribution in [1.29, 1.82) is 0 Å². The van der Waals surface area contributed by atoms with E-state index in [0.717, 1.165) is 31.4 Å². The first kappa shape index (κ1) is 15.3. The van der Waals surface area contributed by atoms with Crippen molar-refractivity contribution in [2.45, 2.75) is 45.6 Å². The van der Waals surface area contributed by atoms with Gasteiger partial charge in [-0.25, -0.2) is 4.79 Å². The van der Waals surface area contributed by atoms with Crippen molar-refractivity contribution in [3.05, 3.63) is 29.3 Å². The fourth-order valence-electron chi connectivity index (χ4n) is 2.21. The van der Waals surface area contributed by atoms with E-state index in [2.05, 4.69) is 18.3 Å². The lowest BCUT2D eigenvalue weighted by atomic mass is 9.99. The first-order valence-electron chi connectivity index (χ1n) is 6.82. The van der Waals surface area contributed by atoms with Crippen molar-refractivity contribution in [3.63, 3.8) is 0 Å². The summed E-state index contributed by atoms with van der Waals surface area (Å²) in [5.41, 5.74) is 7.59. The number of benzene rings is 1. The van der Waals surface area contributed by atoms with Crippen LogP contribution in [0.2, 0.25) is 0 Å². The van der Waals surface area contributed by atoms with Gasteiger partial charge in [0.25, 0.3) is 0 Å². The number of carbonyl (C=O) groups excluding carboxylic acids is 1. The van der Waals surface area contributed by atoms with Crippen LogP contribution in [0.15, 0.2) is 18.2 Å². The molecular weight excluding hydrogens is 240 g/mol. The summed E-state index contributed by atoms with van der Waals surface area (Å²) in [6.07, 6.45) is 3.73. The molecule has 19 heavy (non-hydrogen) atoms. The van der Waals surface area contributed by atoms with Crippen LogP contribution in [-0.4, -0.2) is 19.2 Å². The van der Waals surface area contributed by atoms with Gasteiger partial charge in [0.2, 0.25) is 0 Å². The highest BCUT2D eigenvalue weighted by atomic mass is 16.5. The van der Waals surface area contributed by atoms with Gasteiger partial charge in [0.15, 0.2) is 0 Å². The summed E-state index contributed by atoms with van der Waals surface area (Å²) in [4.78, 5) is 10.9. The van der Waals surface area contributed by atoms with Crippen molar-refractivity contribution in [2.75, 3.05) is 7.11 Å². The first-order valence-corrected chi connectivity index (χ1v) is 6.82. The number of aryl methyl sites for hydroxylation is 1. The fraction of sp³-hybridized carbons (Fsp3) is 0.533. The summed E-state index contributed by atoms with van der Waals surface area (Å²) >= 11 is 0. The van der Waals surface area contributed by atoms with E-state index in [1.54, 1.807) is 7.11 Å². The van der Waals surface area contributed by atoms with Gasteiger partial charge in [-0.15, -0.1) is 0 Å². The van der Waals surface area contributed by atoms with Crippen LogP contribution in [0.25, 0.3) is 0 Å². The second kappa shape index (κ2) is 7.67. The molecule has 0 saturated heterocycles. The van der Waals surface area contributed by atoms with Gasteiger partial charge in [0, 0.05) is 6.04 Å². The highest BCUT2D eigenvalue weighted by molar-refractivity contribution is 5.72. The molecule has 0 aliphatic carbocycles. The maximum absolute atomic E-state index is 10.9. The molecule has 0 aromatic heterocycles. The monoisotopic (exact) mass is 264 g/mol. The van der Waals surface area contributed by atoms with Crippen molar-refractivity contribution in [1.82, 2.24) is 5.32 Å². The Balaban J connectivity index is 2.82. The third-order valence-electron chi connectivity index (χ3n) is 3.19. The van der Waals surface area contributed by atoms with E-state index in [0.29, 0.717) is 0 Å². The summed E-state index contributed by atoms with van der Waals surface area (Å²) < 4.78 is 5.36. The van der Waals surface area contributed by atoms with E-state index < -0.39 is 6.03 Å². The van der Waals surface area contributed by atoms with Gasteiger partial charge in [-0.05, 0) is 36.5 Å². The molecule has 0 aliphatic heterocycles. The van der Waals surface area contributed by atoms with E-state index in [1.807, 2.05) is 19.1 Å². The van der Waals surface area contributed by atoms with Crippen LogP contribution in [0, 0.1) is 0 Å². The van der Waals surface area contributed by atoms with Crippen LogP contribution in [-0.2, 0) is 12.8 Å². The molecule has 0 aliphatic rings. The number of primary amides is 1. The molecule has 4 nitrogen and oxygen atoms in total. The van der Waals surface area contributed by atoms with Gasteiger partial charge >= 0.3 is 6.03 Å². The number of hydrogen-bond donors (Lipinski definition) is 2. The Bertz CT molecular complexity index is 419. The van der Waals surface area contributed by atoms with E-state index >= 15 is 0 Å². The zero-order valence-corrected chi connectivity index (χ0v) is 12.0. The number of urea groups is 1. The van der Waals surface area contributed by atoms with Gasteiger partial charge in [0.05, 0.1) is 7.11 Å². The fourth-order valence-corrected chi connectivity index (χ4v) is 2.21. The average molecular weight is 264 g/mol. The van der Waals surface area contributed by atoms with Gasteiger partial charge in [-0.3, -0.25) is 0 Å². The molecular formula is C15H24N2O2. The van der Waals surface area contributed by atoms with E-state index in [-0.39, 0.29) is 6.04 Å². The molecule has 4 heteroatoms. The van der Waals surface area contributed by atoms with Gasteiger partial charge in [0.1, 0.15) is 5.75 Å². The standard InChI is InChI=1S/C15H24N2O2/c1-4-6-12-9-11(7-8-14(12)19-3)10-13(5-2)17-15(16)18/h7-9,13H,4-6,10H2,1-3H3,(H3,16,17,18). The van der Waals surface area contributed by atoms with Crippen molar-refractivity contribution in [3.8, 4) is 5.75 Å². The summed E-state index contributed by atoms with van der Waals surface area (Å²) in [5.74, 6) is 0.932. The zero-order chi connectivity index (χ0) is 14.3. The minimum Gasteiger partial charge on any atom is -0.496 e. The number of nitrogens with two attached hydrogens (primary N) is 1.